The zero-order valence-electron chi connectivity index (χ0n) is 16.5. The largest absolute Gasteiger partial charge is 0.353 e. The van der Waals surface area contributed by atoms with Crippen molar-refractivity contribution in [3.63, 3.8) is 0 Å². The first-order chi connectivity index (χ1) is 14.2. The van der Waals surface area contributed by atoms with Crippen LogP contribution in [0.5, 0.6) is 0 Å². The van der Waals surface area contributed by atoms with Crippen molar-refractivity contribution >= 4 is 39.2 Å². The van der Waals surface area contributed by atoms with Gasteiger partial charge in [0, 0.05) is 51.0 Å². The van der Waals surface area contributed by atoms with Crippen molar-refractivity contribution in [3.8, 4) is 0 Å². The Morgan fingerprint density at radius 3 is 2.45 bits per heavy atom. The van der Waals surface area contributed by atoms with E-state index in [2.05, 4.69) is 19.8 Å². The number of amides is 1. The maximum absolute atomic E-state index is 12.9. The summed E-state index contributed by atoms with van der Waals surface area (Å²) in [5.74, 6) is 1.83. The third-order valence-electron chi connectivity index (χ3n) is 5.59. The van der Waals surface area contributed by atoms with Crippen LogP contribution >= 0.6 is 11.3 Å². The number of hydrogen-bond donors (Lipinski definition) is 0. The van der Waals surface area contributed by atoms with Crippen LogP contribution in [0.25, 0.3) is 10.2 Å². The monoisotopic (exact) mass is 408 g/mol. The minimum absolute atomic E-state index is 0.0301. The van der Waals surface area contributed by atoms with E-state index >= 15 is 0 Å². The van der Waals surface area contributed by atoms with Crippen LogP contribution in [0, 0.1) is 6.92 Å². The van der Waals surface area contributed by atoms with E-state index in [0.29, 0.717) is 18.1 Å². The summed E-state index contributed by atoms with van der Waals surface area (Å²) in [6.45, 7) is 6.99. The highest BCUT2D eigenvalue weighted by atomic mass is 32.1. The highest BCUT2D eigenvalue weighted by Crippen LogP contribution is 2.25. The zero-order chi connectivity index (χ0) is 19.8. The first kappa shape index (κ1) is 18.3. The molecule has 2 aliphatic rings. The van der Waals surface area contributed by atoms with Gasteiger partial charge in [-0.2, -0.15) is 4.98 Å². The van der Waals surface area contributed by atoms with Crippen molar-refractivity contribution in [1.82, 2.24) is 19.9 Å². The number of carbonyl (C=O) groups is 1. The number of hydrogen-bond acceptors (Lipinski definition) is 7. The number of para-hydroxylation sites is 1. The molecule has 0 radical (unpaired) electrons. The number of thiazole rings is 1. The SMILES string of the molecule is Cc1cc(N2CCN(C(=O)c3nc4ccccc4s3)CC2)nc(N2CCCC2)n1. The van der Waals surface area contributed by atoms with Crippen LogP contribution in [-0.4, -0.2) is 65.0 Å². The molecule has 7 nitrogen and oxygen atoms in total. The number of piperazine rings is 1. The van der Waals surface area contributed by atoms with Gasteiger partial charge in [-0.25, -0.2) is 9.97 Å². The summed E-state index contributed by atoms with van der Waals surface area (Å²) in [4.78, 5) is 33.3. The second-order valence-corrected chi connectivity index (χ2v) is 8.66. The molecule has 2 aliphatic heterocycles. The van der Waals surface area contributed by atoms with Crippen molar-refractivity contribution in [2.24, 2.45) is 0 Å². The molecular weight excluding hydrogens is 384 g/mol. The second-order valence-electron chi connectivity index (χ2n) is 7.63. The molecule has 29 heavy (non-hydrogen) atoms. The van der Waals surface area contributed by atoms with Gasteiger partial charge in [0.15, 0.2) is 5.01 Å². The van der Waals surface area contributed by atoms with Gasteiger partial charge in [-0.3, -0.25) is 4.79 Å². The van der Waals surface area contributed by atoms with Gasteiger partial charge >= 0.3 is 0 Å². The molecule has 0 aliphatic carbocycles. The fourth-order valence-corrected chi connectivity index (χ4v) is 4.93. The van der Waals surface area contributed by atoms with Crippen LogP contribution < -0.4 is 9.80 Å². The van der Waals surface area contributed by atoms with Gasteiger partial charge in [0.25, 0.3) is 5.91 Å². The van der Waals surface area contributed by atoms with Gasteiger partial charge in [-0.1, -0.05) is 12.1 Å². The summed E-state index contributed by atoms with van der Waals surface area (Å²) in [6.07, 6.45) is 2.42. The van der Waals surface area contributed by atoms with Gasteiger partial charge in [-0.05, 0) is 31.9 Å². The van der Waals surface area contributed by atoms with E-state index in [-0.39, 0.29) is 5.91 Å². The normalized spacial score (nSPS) is 17.3. The lowest BCUT2D eigenvalue weighted by Gasteiger charge is -2.35. The molecule has 0 spiro atoms. The highest BCUT2D eigenvalue weighted by Gasteiger charge is 2.26. The van der Waals surface area contributed by atoms with Crippen molar-refractivity contribution in [1.29, 1.82) is 0 Å². The molecule has 0 atom stereocenters. The Labute approximate surface area is 174 Å². The van der Waals surface area contributed by atoms with Crippen molar-refractivity contribution in [3.05, 3.63) is 41.0 Å². The smallest absolute Gasteiger partial charge is 0.282 e. The van der Waals surface area contributed by atoms with Crippen molar-refractivity contribution in [2.45, 2.75) is 19.8 Å². The first-order valence-electron chi connectivity index (χ1n) is 10.2. The molecule has 4 heterocycles. The number of benzene rings is 1. The lowest BCUT2D eigenvalue weighted by Crippen LogP contribution is -2.49. The molecule has 2 aromatic heterocycles. The maximum atomic E-state index is 12.9. The third kappa shape index (κ3) is 3.64. The van der Waals surface area contributed by atoms with Crippen molar-refractivity contribution < 1.29 is 4.79 Å². The topological polar surface area (TPSA) is 65.5 Å². The Kier molecular flexibility index (Phi) is 4.79. The average molecular weight is 409 g/mol. The summed E-state index contributed by atoms with van der Waals surface area (Å²) in [7, 11) is 0. The van der Waals surface area contributed by atoms with Crippen LogP contribution in [0.3, 0.4) is 0 Å². The molecule has 0 bridgehead atoms. The van der Waals surface area contributed by atoms with Crippen LogP contribution in [0.15, 0.2) is 30.3 Å². The molecule has 0 unspecified atom stereocenters. The Morgan fingerprint density at radius 1 is 0.931 bits per heavy atom. The van der Waals surface area contributed by atoms with Gasteiger partial charge in [0.1, 0.15) is 5.82 Å². The standard InChI is InChI=1S/C21H24N6OS/c1-15-14-18(24-21(22-15)27-8-4-5-9-27)25-10-12-26(13-11-25)20(28)19-23-16-6-2-3-7-17(16)29-19/h2-3,6-7,14H,4-5,8-13H2,1H3. The van der Waals surface area contributed by atoms with E-state index < -0.39 is 0 Å². The van der Waals surface area contributed by atoms with Gasteiger partial charge in [-0.15, -0.1) is 11.3 Å². The summed E-state index contributed by atoms with van der Waals surface area (Å²) >= 11 is 1.47. The third-order valence-corrected chi connectivity index (χ3v) is 6.61. The van der Waals surface area contributed by atoms with Crippen LogP contribution in [0.1, 0.15) is 28.3 Å². The Hall–Kier alpha value is -2.74. The predicted molar refractivity (Wildman–Crippen MR) is 116 cm³/mol. The fraction of sp³-hybridized carbons (Fsp3) is 0.429. The number of rotatable bonds is 3. The average Bonchev–Trinajstić information content (AvgIpc) is 3.43. The fourth-order valence-electron chi connectivity index (χ4n) is 3.99. The lowest BCUT2D eigenvalue weighted by atomic mass is 10.3. The molecule has 1 aromatic carbocycles. The molecule has 2 saturated heterocycles. The summed E-state index contributed by atoms with van der Waals surface area (Å²) in [5.41, 5.74) is 1.88. The van der Waals surface area contributed by atoms with Gasteiger partial charge in [0.05, 0.1) is 10.2 Å². The molecule has 8 heteroatoms. The molecule has 2 fully saturated rings. The maximum Gasteiger partial charge on any atom is 0.282 e. The molecule has 0 saturated carbocycles. The van der Waals surface area contributed by atoms with E-state index in [0.717, 1.165) is 53.9 Å². The van der Waals surface area contributed by atoms with E-state index in [1.54, 1.807) is 0 Å². The number of nitrogens with zero attached hydrogens (tertiary/aromatic N) is 6. The number of aromatic nitrogens is 3. The summed E-state index contributed by atoms with van der Waals surface area (Å²) in [5, 5.41) is 0.578. The van der Waals surface area contributed by atoms with E-state index in [1.165, 1.54) is 24.2 Å². The molecule has 1 amide bonds. The van der Waals surface area contributed by atoms with Gasteiger partial charge in [0.2, 0.25) is 5.95 Å². The Balaban J connectivity index is 1.28. The molecule has 0 N–H and O–H groups in total. The molecular formula is C21H24N6OS. The number of anilines is 2. The Morgan fingerprint density at radius 2 is 1.69 bits per heavy atom. The highest BCUT2D eigenvalue weighted by molar-refractivity contribution is 7.20. The van der Waals surface area contributed by atoms with Gasteiger partial charge < -0.3 is 14.7 Å². The van der Waals surface area contributed by atoms with E-state index in [9.17, 15) is 4.79 Å². The van der Waals surface area contributed by atoms with Crippen molar-refractivity contribution in [2.75, 3.05) is 49.1 Å². The molecule has 3 aromatic rings. The Bertz CT molecular complexity index is 1000. The minimum atomic E-state index is 0.0301. The second kappa shape index (κ2) is 7.59. The first-order valence-corrected chi connectivity index (χ1v) is 11.0. The summed E-state index contributed by atoms with van der Waals surface area (Å²) < 4.78 is 1.06. The number of aryl methyl sites for hydroxylation is 1. The number of carbonyl (C=O) groups excluding carboxylic acids is 1. The molecule has 5 rings (SSSR count). The lowest BCUT2D eigenvalue weighted by molar-refractivity contribution is 0.0746. The summed E-state index contributed by atoms with van der Waals surface area (Å²) in [6, 6.07) is 9.94. The van der Waals surface area contributed by atoms with Crippen LogP contribution in [0.2, 0.25) is 0 Å². The van der Waals surface area contributed by atoms with Crippen LogP contribution in [0.4, 0.5) is 11.8 Å². The number of fused-ring (bicyclic) bond motifs is 1. The van der Waals surface area contributed by atoms with E-state index in [1.807, 2.05) is 42.2 Å². The zero-order valence-corrected chi connectivity index (χ0v) is 17.4. The predicted octanol–water partition coefficient (Wildman–Crippen LogP) is 2.96. The van der Waals surface area contributed by atoms with Crippen LogP contribution in [-0.2, 0) is 0 Å². The minimum Gasteiger partial charge on any atom is -0.353 e. The quantitative estimate of drug-likeness (QED) is 0.664. The van der Waals surface area contributed by atoms with E-state index in [4.69, 9.17) is 4.98 Å². The molecule has 150 valence electrons.